The van der Waals surface area contributed by atoms with Crippen molar-refractivity contribution in [3.8, 4) is 12.3 Å². The zero-order valence-electron chi connectivity index (χ0n) is 18.4. The third kappa shape index (κ3) is 13.8. The molecule has 0 heterocycles. The maximum absolute atomic E-state index is 12.8. The van der Waals surface area contributed by atoms with E-state index in [1.165, 1.54) is 18.9 Å². The van der Waals surface area contributed by atoms with E-state index >= 15 is 0 Å². The van der Waals surface area contributed by atoms with Crippen LogP contribution in [0.4, 0.5) is 4.79 Å². The van der Waals surface area contributed by atoms with Crippen molar-refractivity contribution in [2.24, 2.45) is 0 Å². The number of thioether (sulfide) groups is 1. The van der Waals surface area contributed by atoms with Crippen molar-refractivity contribution < 1.29 is 28.6 Å². The van der Waals surface area contributed by atoms with Crippen LogP contribution in [0.2, 0.25) is 0 Å². The van der Waals surface area contributed by atoms with Crippen molar-refractivity contribution in [3.05, 3.63) is 0 Å². The molecule has 0 bridgehead atoms. The van der Waals surface area contributed by atoms with Gasteiger partial charge in [-0.25, -0.2) is 9.59 Å². The maximum atomic E-state index is 12.8. The lowest BCUT2D eigenvalue weighted by atomic mass is 10.2. The number of hydrogen-bond donors (Lipinski definition) is 2. The number of ether oxygens (including phenoxy) is 3. The highest BCUT2D eigenvalue weighted by Gasteiger charge is 2.30. The summed E-state index contributed by atoms with van der Waals surface area (Å²) >= 11 is 1.41. The van der Waals surface area contributed by atoms with Crippen LogP contribution in [0.15, 0.2) is 0 Å². The molecular formula is C20H34N2O6S. The van der Waals surface area contributed by atoms with Gasteiger partial charge in [0.1, 0.15) is 11.6 Å². The Labute approximate surface area is 178 Å². The molecule has 0 saturated heterocycles. The minimum Gasteiger partial charge on any atom is -0.467 e. The predicted molar refractivity (Wildman–Crippen MR) is 114 cm³/mol. The Morgan fingerprint density at radius 1 is 1.03 bits per heavy atom. The first-order valence-corrected chi connectivity index (χ1v) is 10.5. The average molecular weight is 431 g/mol. The highest BCUT2D eigenvalue weighted by Crippen LogP contribution is 2.11. The van der Waals surface area contributed by atoms with E-state index in [0.29, 0.717) is 12.2 Å². The summed E-state index contributed by atoms with van der Waals surface area (Å²) in [5.74, 6) is 2.23. The number of carbonyl (C=O) groups is 3. The van der Waals surface area contributed by atoms with Gasteiger partial charge in [0, 0.05) is 17.9 Å². The van der Waals surface area contributed by atoms with Crippen LogP contribution in [0.1, 0.15) is 48.0 Å². The molecule has 2 atom stereocenters. The first-order valence-electron chi connectivity index (χ1n) is 9.32. The third-order valence-electron chi connectivity index (χ3n) is 3.17. The summed E-state index contributed by atoms with van der Waals surface area (Å²) in [5, 5.41) is 5.13. The maximum Gasteiger partial charge on any atom is 0.408 e. The fourth-order valence-electron chi connectivity index (χ4n) is 1.88. The van der Waals surface area contributed by atoms with E-state index in [0.717, 1.165) is 0 Å². The first-order chi connectivity index (χ1) is 13.3. The zero-order valence-corrected chi connectivity index (χ0v) is 19.2. The molecule has 0 aliphatic rings. The molecule has 2 N–H and O–H groups in total. The Balaban J connectivity index is 5.17. The molecule has 166 valence electrons. The van der Waals surface area contributed by atoms with Crippen molar-refractivity contribution in [2.75, 3.05) is 25.2 Å². The Hall–Kier alpha value is -1.92. The second-order valence-electron chi connectivity index (χ2n) is 8.24. The lowest BCUT2D eigenvalue weighted by Crippen LogP contribution is -2.55. The number of alkyl carbamates (subject to hydrolysis) is 1. The molecule has 2 amide bonds. The molecule has 9 heteroatoms. The molecule has 0 saturated carbocycles. The lowest BCUT2D eigenvalue weighted by molar-refractivity contribution is -0.148. The largest absolute Gasteiger partial charge is 0.467 e. The highest BCUT2D eigenvalue weighted by molar-refractivity contribution is 7.99. The van der Waals surface area contributed by atoms with Gasteiger partial charge in [-0.15, -0.1) is 12.3 Å². The van der Waals surface area contributed by atoms with Crippen molar-refractivity contribution in [1.82, 2.24) is 10.6 Å². The van der Waals surface area contributed by atoms with E-state index in [2.05, 4.69) is 16.6 Å². The van der Waals surface area contributed by atoms with Gasteiger partial charge in [-0.05, 0) is 41.5 Å². The minimum absolute atomic E-state index is 0.0642. The second kappa shape index (κ2) is 12.6. The van der Waals surface area contributed by atoms with Gasteiger partial charge in [-0.2, -0.15) is 11.8 Å². The zero-order chi connectivity index (χ0) is 22.7. The quantitative estimate of drug-likeness (QED) is 0.311. The SMILES string of the molecule is C#CCCSC[C@H](NC(=O)OC(C)(C)C)C(=O)N[C@@H](COC(C)(C)C)C(=O)OC. The van der Waals surface area contributed by atoms with E-state index in [4.69, 9.17) is 20.6 Å². The predicted octanol–water partition coefficient (Wildman–Crippen LogP) is 2.11. The van der Waals surface area contributed by atoms with Crippen LogP contribution in [0.25, 0.3) is 0 Å². The Morgan fingerprint density at radius 3 is 2.14 bits per heavy atom. The van der Waals surface area contributed by atoms with Crippen LogP contribution >= 0.6 is 11.8 Å². The van der Waals surface area contributed by atoms with E-state index in [-0.39, 0.29) is 12.4 Å². The van der Waals surface area contributed by atoms with Crippen LogP contribution in [0.5, 0.6) is 0 Å². The fourth-order valence-corrected chi connectivity index (χ4v) is 2.78. The molecular weight excluding hydrogens is 396 g/mol. The molecule has 0 fully saturated rings. The number of esters is 1. The minimum atomic E-state index is -1.01. The molecule has 0 unspecified atom stereocenters. The molecule has 0 aliphatic heterocycles. The highest BCUT2D eigenvalue weighted by atomic mass is 32.2. The monoisotopic (exact) mass is 430 g/mol. The standard InChI is InChI=1S/C20H34N2O6S/c1-9-10-11-29-13-15(22-18(25)28-20(5,6)7)16(23)21-14(17(24)26-8)12-27-19(2,3)4/h1,14-15H,10-13H2,2-8H3,(H,21,23)(H,22,25)/t14-,15-/m0/s1. The number of nitrogens with one attached hydrogen (secondary N) is 2. The summed E-state index contributed by atoms with van der Waals surface area (Å²) in [6.07, 6.45) is 5.05. The van der Waals surface area contributed by atoms with Gasteiger partial charge in [0.15, 0.2) is 6.04 Å². The molecule has 0 aromatic carbocycles. The summed E-state index contributed by atoms with van der Waals surface area (Å²) in [4.78, 5) is 36.9. The van der Waals surface area contributed by atoms with Crippen LogP contribution in [-0.4, -0.2) is 66.5 Å². The molecule has 8 nitrogen and oxygen atoms in total. The van der Waals surface area contributed by atoms with Crippen molar-refractivity contribution >= 4 is 29.7 Å². The summed E-state index contributed by atoms with van der Waals surface area (Å²) in [6.45, 7) is 10.6. The Morgan fingerprint density at radius 2 is 1.66 bits per heavy atom. The summed E-state index contributed by atoms with van der Waals surface area (Å²) in [7, 11) is 1.23. The number of methoxy groups -OCH3 is 1. The number of terminal acetylenes is 1. The van der Waals surface area contributed by atoms with Crippen LogP contribution in [-0.2, 0) is 23.8 Å². The first kappa shape index (κ1) is 27.1. The Bertz CT molecular complexity index is 589. The normalized spacial score (nSPS) is 13.6. The van der Waals surface area contributed by atoms with Gasteiger partial charge < -0.3 is 24.8 Å². The van der Waals surface area contributed by atoms with Gasteiger partial charge in [0.25, 0.3) is 0 Å². The van der Waals surface area contributed by atoms with Crippen molar-refractivity contribution in [1.29, 1.82) is 0 Å². The van der Waals surface area contributed by atoms with Gasteiger partial charge in [0.05, 0.1) is 19.3 Å². The van der Waals surface area contributed by atoms with Crippen LogP contribution < -0.4 is 10.6 Å². The number of carbonyl (C=O) groups excluding carboxylic acids is 3. The topological polar surface area (TPSA) is 103 Å². The van der Waals surface area contributed by atoms with Gasteiger partial charge in [-0.3, -0.25) is 4.79 Å². The molecule has 0 aliphatic carbocycles. The smallest absolute Gasteiger partial charge is 0.408 e. The Kier molecular flexibility index (Phi) is 11.8. The fraction of sp³-hybridized carbons (Fsp3) is 0.750. The summed E-state index contributed by atoms with van der Waals surface area (Å²) in [5.41, 5.74) is -1.22. The number of hydrogen-bond acceptors (Lipinski definition) is 7. The molecule has 0 spiro atoms. The van der Waals surface area contributed by atoms with Gasteiger partial charge in [-0.1, -0.05) is 0 Å². The molecule has 0 radical (unpaired) electrons. The number of rotatable bonds is 10. The lowest BCUT2D eigenvalue weighted by Gasteiger charge is -2.26. The van der Waals surface area contributed by atoms with Crippen molar-refractivity contribution in [2.45, 2.75) is 71.2 Å². The van der Waals surface area contributed by atoms with Gasteiger partial charge in [0.2, 0.25) is 5.91 Å². The van der Waals surface area contributed by atoms with E-state index in [1.54, 1.807) is 20.8 Å². The molecule has 29 heavy (non-hydrogen) atoms. The van der Waals surface area contributed by atoms with E-state index in [1.807, 2.05) is 20.8 Å². The van der Waals surface area contributed by atoms with Gasteiger partial charge >= 0.3 is 12.1 Å². The van der Waals surface area contributed by atoms with Crippen molar-refractivity contribution in [3.63, 3.8) is 0 Å². The van der Waals surface area contributed by atoms with Crippen LogP contribution in [0.3, 0.4) is 0 Å². The summed E-state index contributed by atoms with van der Waals surface area (Å²) in [6, 6.07) is -1.93. The molecule has 0 aromatic rings. The number of amides is 2. The second-order valence-corrected chi connectivity index (χ2v) is 9.39. The molecule has 0 aromatic heterocycles. The summed E-state index contributed by atoms with van der Waals surface area (Å²) < 4.78 is 15.6. The third-order valence-corrected chi connectivity index (χ3v) is 4.23. The van der Waals surface area contributed by atoms with Crippen LogP contribution in [0, 0.1) is 12.3 Å². The average Bonchev–Trinajstić information content (AvgIpc) is 2.57. The molecule has 0 rings (SSSR count). The van der Waals surface area contributed by atoms with E-state index in [9.17, 15) is 14.4 Å². The van der Waals surface area contributed by atoms with E-state index < -0.39 is 41.3 Å².